The number of ether oxygens (including phenoxy) is 1. The molecule has 3 saturated heterocycles. The number of likely N-dealkylation sites (tertiary alicyclic amines) is 1. The summed E-state index contributed by atoms with van der Waals surface area (Å²) < 4.78 is 5.31. The zero-order valence-electron chi connectivity index (χ0n) is 13.9. The molecule has 0 radical (unpaired) electrons. The first kappa shape index (κ1) is 17.2. The minimum absolute atomic E-state index is 0.0445. The fourth-order valence-corrected chi connectivity index (χ4v) is 3.78. The van der Waals surface area contributed by atoms with Gasteiger partial charge in [-0.3, -0.25) is 19.3 Å². The molecule has 8 nitrogen and oxygen atoms in total. The third-order valence-electron chi connectivity index (χ3n) is 5.38. The number of carboxylic acids is 1. The van der Waals surface area contributed by atoms with E-state index in [4.69, 9.17) is 4.74 Å². The summed E-state index contributed by atoms with van der Waals surface area (Å²) in [5.41, 5.74) is -0.946. The standard InChI is InChI=1S/C16H25N3O5/c20-13-3-1-2-5-18(13)11-14(21)17-6-8-19(9-7-17)16(15(22)23)4-10-24-12-16/h1-12H2,(H,22,23). The predicted molar refractivity (Wildman–Crippen MR) is 84.4 cm³/mol. The lowest BCUT2D eigenvalue weighted by Gasteiger charge is -2.43. The Hall–Kier alpha value is -1.67. The second-order valence-electron chi connectivity index (χ2n) is 6.78. The lowest BCUT2D eigenvalue weighted by Crippen LogP contribution is -2.62. The van der Waals surface area contributed by atoms with Crippen molar-refractivity contribution in [1.82, 2.24) is 14.7 Å². The summed E-state index contributed by atoms with van der Waals surface area (Å²) in [7, 11) is 0. The summed E-state index contributed by atoms with van der Waals surface area (Å²) in [5, 5.41) is 9.59. The minimum Gasteiger partial charge on any atom is -0.480 e. The number of amides is 2. The molecule has 3 aliphatic rings. The van der Waals surface area contributed by atoms with Crippen LogP contribution in [0.1, 0.15) is 25.7 Å². The molecule has 0 aromatic rings. The molecule has 0 saturated carbocycles. The van der Waals surface area contributed by atoms with Crippen LogP contribution in [0.4, 0.5) is 0 Å². The van der Waals surface area contributed by atoms with Crippen molar-refractivity contribution in [3.63, 3.8) is 0 Å². The fourth-order valence-electron chi connectivity index (χ4n) is 3.78. The molecule has 1 atom stereocenters. The van der Waals surface area contributed by atoms with E-state index in [2.05, 4.69) is 0 Å². The number of nitrogens with zero attached hydrogens (tertiary/aromatic N) is 3. The van der Waals surface area contributed by atoms with Gasteiger partial charge in [0.1, 0.15) is 5.54 Å². The summed E-state index contributed by atoms with van der Waals surface area (Å²) in [6, 6.07) is 0. The third-order valence-corrected chi connectivity index (χ3v) is 5.38. The average molecular weight is 339 g/mol. The topological polar surface area (TPSA) is 90.4 Å². The Bertz CT molecular complexity index is 510. The molecule has 3 rings (SSSR count). The van der Waals surface area contributed by atoms with Crippen molar-refractivity contribution in [1.29, 1.82) is 0 Å². The second kappa shape index (κ2) is 7.06. The predicted octanol–water partition coefficient (Wildman–Crippen LogP) is -0.613. The Labute approximate surface area is 141 Å². The van der Waals surface area contributed by atoms with Gasteiger partial charge in [0.2, 0.25) is 11.8 Å². The summed E-state index contributed by atoms with van der Waals surface area (Å²) in [4.78, 5) is 41.2. The van der Waals surface area contributed by atoms with Gasteiger partial charge in [-0.15, -0.1) is 0 Å². The number of hydrogen-bond acceptors (Lipinski definition) is 5. The number of carbonyl (C=O) groups is 3. The van der Waals surface area contributed by atoms with Crippen LogP contribution in [-0.4, -0.2) is 95.6 Å². The number of aliphatic carboxylic acids is 1. The van der Waals surface area contributed by atoms with Crippen molar-refractivity contribution < 1.29 is 24.2 Å². The molecule has 2 amide bonds. The van der Waals surface area contributed by atoms with E-state index in [1.54, 1.807) is 9.80 Å². The first-order valence-corrected chi connectivity index (χ1v) is 8.65. The van der Waals surface area contributed by atoms with E-state index in [1.165, 1.54) is 0 Å². The average Bonchev–Trinajstić information content (AvgIpc) is 3.08. The van der Waals surface area contributed by atoms with Gasteiger partial charge in [-0.05, 0) is 12.8 Å². The van der Waals surface area contributed by atoms with Gasteiger partial charge < -0.3 is 19.6 Å². The van der Waals surface area contributed by atoms with Crippen molar-refractivity contribution in [2.24, 2.45) is 0 Å². The highest BCUT2D eigenvalue weighted by Crippen LogP contribution is 2.28. The summed E-state index contributed by atoms with van der Waals surface area (Å²) in [6.45, 7) is 3.51. The van der Waals surface area contributed by atoms with Crippen molar-refractivity contribution in [3.8, 4) is 0 Å². The molecule has 8 heteroatoms. The lowest BCUT2D eigenvalue weighted by molar-refractivity contribution is -0.154. The second-order valence-corrected chi connectivity index (χ2v) is 6.78. The quantitative estimate of drug-likeness (QED) is 0.735. The molecule has 24 heavy (non-hydrogen) atoms. The first-order valence-electron chi connectivity index (χ1n) is 8.65. The number of carbonyl (C=O) groups excluding carboxylic acids is 2. The van der Waals surface area contributed by atoms with Gasteiger partial charge in [0.15, 0.2) is 0 Å². The molecular formula is C16H25N3O5. The highest BCUT2D eigenvalue weighted by Gasteiger charge is 2.48. The van der Waals surface area contributed by atoms with Crippen molar-refractivity contribution >= 4 is 17.8 Å². The van der Waals surface area contributed by atoms with Crippen LogP contribution in [0.2, 0.25) is 0 Å². The number of piperazine rings is 1. The molecule has 3 heterocycles. The van der Waals surface area contributed by atoms with Gasteiger partial charge >= 0.3 is 5.97 Å². The Morgan fingerprint density at radius 2 is 1.88 bits per heavy atom. The van der Waals surface area contributed by atoms with Crippen LogP contribution in [0.3, 0.4) is 0 Å². The maximum atomic E-state index is 12.4. The summed E-state index contributed by atoms with van der Waals surface area (Å²) >= 11 is 0. The van der Waals surface area contributed by atoms with E-state index in [-0.39, 0.29) is 25.0 Å². The third kappa shape index (κ3) is 3.25. The molecule has 1 unspecified atom stereocenters. The molecule has 0 aromatic heterocycles. The number of hydrogen-bond donors (Lipinski definition) is 1. The van der Waals surface area contributed by atoms with Crippen LogP contribution in [0.5, 0.6) is 0 Å². The maximum Gasteiger partial charge on any atom is 0.326 e. The normalized spacial score (nSPS) is 29.1. The van der Waals surface area contributed by atoms with Crippen molar-refractivity contribution in [2.75, 3.05) is 52.5 Å². The molecule has 0 aromatic carbocycles. The molecule has 1 N–H and O–H groups in total. The van der Waals surface area contributed by atoms with E-state index in [1.807, 2.05) is 4.90 Å². The van der Waals surface area contributed by atoms with E-state index >= 15 is 0 Å². The molecule has 3 aliphatic heterocycles. The van der Waals surface area contributed by atoms with Crippen LogP contribution >= 0.6 is 0 Å². The summed E-state index contributed by atoms with van der Waals surface area (Å²) in [6.07, 6.45) is 2.87. The molecule has 0 spiro atoms. The van der Waals surface area contributed by atoms with Crippen molar-refractivity contribution in [3.05, 3.63) is 0 Å². The monoisotopic (exact) mass is 339 g/mol. The van der Waals surface area contributed by atoms with Gasteiger partial charge in [0.05, 0.1) is 13.2 Å². The Morgan fingerprint density at radius 1 is 1.12 bits per heavy atom. The first-order chi connectivity index (χ1) is 11.5. The summed E-state index contributed by atoms with van der Waals surface area (Å²) in [5.74, 6) is -0.836. The van der Waals surface area contributed by atoms with Crippen LogP contribution in [0, 0.1) is 0 Å². The van der Waals surface area contributed by atoms with Gasteiger partial charge in [-0.2, -0.15) is 0 Å². The van der Waals surface area contributed by atoms with Gasteiger partial charge in [-0.25, -0.2) is 0 Å². The van der Waals surface area contributed by atoms with Gasteiger partial charge in [0, 0.05) is 52.2 Å². The fraction of sp³-hybridized carbons (Fsp3) is 0.812. The molecule has 0 aliphatic carbocycles. The molecular weight excluding hydrogens is 314 g/mol. The van der Waals surface area contributed by atoms with Crippen LogP contribution < -0.4 is 0 Å². The molecule has 3 fully saturated rings. The Kier molecular flexibility index (Phi) is 5.05. The highest BCUT2D eigenvalue weighted by molar-refractivity contribution is 5.85. The van der Waals surface area contributed by atoms with Gasteiger partial charge in [-0.1, -0.05) is 0 Å². The largest absolute Gasteiger partial charge is 0.480 e. The van der Waals surface area contributed by atoms with E-state index in [9.17, 15) is 19.5 Å². The van der Waals surface area contributed by atoms with Gasteiger partial charge in [0.25, 0.3) is 0 Å². The Morgan fingerprint density at radius 3 is 2.46 bits per heavy atom. The Balaban J connectivity index is 1.53. The number of rotatable bonds is 4. The zero-order valence-corrected chi connectivity index (χ0v) is 13.9. The molecule has 0 bridgehead atoms. The van der Waals surface area contributed by atoms with Crippen LogP contribution in [0.15, 0.2) is 0 Å². The number of piperidine rings is 1. The number of carboxylic acid groups (broad SMARTS) is 1. The van der Waals surface area contributed by atoms with E-state index < -0.39 is 11.5 Å². The minimum atomic E-state index is -0.946. The maximum absolute atomic E-state index is 12.4. The molecule has 134 valence electrons. The van der Waals surface area contributed by atoms with Crippen LogP contribution in [-0.2, 0) is 19.1 Å². The highest BCUT2D eigenvalue weighted by atomic mass is 16.5. The van der Waals surface area contributed by atoms with Crippen molar-refractivity contribution in [2.45, 2.75) is 31.2 Å². The zero-order chi connectivity index (χ0) is 17.2. The van der Waals surface area contributed by atoms with Crippen LogP contribution in [0.25, 0.3) is 0 Å². The van der Waals surface area contributed by atoms with E-state index in [0.717, 1.165) is 12.8 Å². The lowest BCUT2D eigenvalue weighted by atomic mass is 9.95. The SMILES string of the molecule is O=C(CN1CCCCC1=O)N1CCN(C2(C(=O)O)CCOC2)CC1. The smallest absolute Gasteiger partial charge is 0.326 e. The van der Waals surface area contributed by atoms with E-state index in [0.29, 0.717) is 52.2 Å².